The Bertz CT molecular complexity index is 1320. The monoisotopic (exact) mass is 454 g/mol. The lowest BCUT2D eigenvalue weighted by molar-refractivity contribution is 0.464. The lowest BCUT2D eigenvalue weighted by atomic mass is 9.89. The molecule has 34 heavy (non-hydrogen) atoms. The van der Waals surface area contributed by atoms with E-state index >= 15 is 0 Å². The second-order valence-electron chi connectivity index (χ2n) is 9.09. The predicted octanol–water partition coefficient (Wildman–Crippen LogP) is 6.21. The predicted molar refractivity (Wildman–Crippen MR) is 135 cm³/mol. The zero-order valence-corrected chi connectivity index (χ0v) is 19.8. The number of hydrogen-bond acceptors (Lipinski definition) is 4. The summed E-state index contributed by atoms with van der Waals surface area (Å²) in [6.45, 7) is 5.86. The Morgan fingerprint density at radius 1 is 0.500 bits per heavy atom. The van der Waals surface area contributed by atoms with Crippen LogP contribution in [0.1, 0.15) is 50.1 Å². The summed E-state index contributed by atoms with van der Waals surface area (Å²) in [5.41, 5.74) is 8.68. The molecule has 4 nitrogen and oxygen atoms in total. The van der Waals surface area contributed by atoms with Gasteiger partial charge < -0.3 is 20.4 Å². The Kier molecular flexibility index (Phi) is 6.51. The summed E-state index contributed by atoms with van der Waals surface area (Å²) in [4.78, 5) is 0. The van der Waals surface area contributed by atoms with Gasteiger partial charge in [0.15, 0.2) is 0 Å². The largest absolute Gasteiger partial charge is 0.508 e. The molecule has 174 valence electrons. The van der Waals surface area contributed by atoms with Crippen LogP contribution in [-0.4, -0.2) is 20.4 Å². The van der Waals surface area contributed by atoms with Gasteiger partial charge in [-0.1, -0.05) is 42.5 Å². The van der Waals surface area contributed by atoms with Crippen molar-refractivity contribution in [1.82, 2.24) is 0 Å². The maximum Gasteiger partial charge on any atom is 0.122 e. The maximum atomic E-state index is 10.8. The van der Waals surface area contributed by atoms with E-state index in [1.807, 2.05) is 63.2 Å². The third-order valence-corrected chi connectivity index (χ3v) is 6.47. The van der Waals surface area contributed by atoms with Crippen LogP contribution in [0.4, 0.5) is 0 Å². The molecule has 0 bridgehead atoms. The zero-order chi connectivity index (χ0) is 24.4. The molecule has 0 aromatic heterocycles. The van der Waals surface area contributed by atoms with Crippen LogP contribution in [0.5, 0.6) is 23.0 Å². The molecule has 4 rings (SSSR count). The molecule has 4 heteroatoms. The van der Waals surface area contributed by atoms with Crippen molar-refractivity contribution in [2.45, 2.75) is 40.0 Å². The van der Waals surface area contributed by atoms with E-state index in [4.69, 9.17) is 0 Å². The number of phenols is 4. The highest BCUT2D eigenvalue weighted by atomic mass is 16.3. The summed E-state index contributed by atoms with van der Waals surface area (Å²) in [5.74, 6) is 1.05. The standard InChI is InChI=1S/C30H30O4/c1-18-12-23(16-25(29(18)33)14-21-4-8-26(31)9-5-21)15-24-13-19(2)30(34)28(20(24)3)17-22-6-10-27(32)11-7-22/h4-13,16,31-34H,14-15,17H2,1-3H3. The number of aromatic hydroxyl groups is 4. The van der Waals surface area contributed by atoms with Gasteiger partial charge in [0, 0.05) is 18.4 Å². The molecule has 4 aromatic rings. The van der Waals surface area contributed by atoms with Crippen LogP contribution >= 0.6 is 0 Å². The second-order valence-corrected chi connectivity index (χ2v) is 9.09. The van der Waals surface area contributed by atoms with E-state index in [2.05, 4.69) is 0 Å². The molecule has 4 aromatic carbocycles. The number of benzene rings is 4. The van der Waals surface area contributed by atoms with Gasteiger partial charge in [0.25, 0.3) is 0 Å². The van der Waals surface area contributed by atoms with E-state index in [0.717, 1.165) is 50.1 Å². The highest BCUT2D eigenvalue weighted by molar-refractivity contribution is 5.53. The van der Waals surface area contributed by atoms with Crippen LogP contribution in [0.25, 0.3) is 0 Å². The van der Waals surface area contributed by atoms with Crippen molar-refractivity contribution in [3.63, 3.8) is 0 Å². The average Bonchev–Trinajstić information content (AvgIpc) is 2.81. The van der Waals surface area contributed by atoms with Gasteiger partial charge in [-0.15, -0.1) is 0 Å². The Balaban J connectivity index is 1.66. The van der Waals surface area contributed by atoms with Crippen molar-refractivity contribution in [3.8, 4) is 23.0 Å². The molecule has 0 amide bonds. The minimum absolute atomic E-state index is 0.221. The summed E-state index contributed by atoms with van der Waals surface area (Å²) in [7, 11) is 0. The molecule has 4 N–H and O–H groups in total. The van der Waals surface area contributed by atoms with Crippen LogP contribution in [-0.2, 0) is 19.3 Å². The molecule has 0 heterocycles. The van der Waals surface area contributed by atoms with Crippen LogP contribution in [0.2, 0.25) is 0 Å². The minimum Gasteiger partial charge on any atom is -0.508 e. The van der Waals surface area contributed by atoms with E-state index in [0.29, 0.717) is 30.8 Å². The normalized spacial score (nSPS) is 11.0. The van der Waals surface area contributed by atoms with Gasteiger partial charge in [-0.3, -0.25) is 0 Å². The van der Waals surface area contributed by atoms with E-state index < -0.39 is 0 Å². The Morgan fingerprint density at radius 3 is 1.59 bits per heavy atom. The van der Waals surface area contributed by atoms with Gasteiger partial charge in [0.2, 0.25) is 0 Å². The first-order valence-electron chi connectivity index (χ1n) is 11.4. The first-order valence-corrected chi connectivity index (χ1v) is 11.4. The lowest BCUT2D eigenvalue weighted by Crippen LogP contribution is -2.02. The fraction of sp³-hybridized carbons (Fsp3) is 0.200. The molecule has 0 aliphatic carbocycles. The minimum atomic E-state index is 0.221. The zero-order valence-electron chi connectivity index (χ0n) is 19.8. The van der Waals surface area contributed by atoms with Gasteiger partial charge in [-0.05, 0) is 96.0 Å². The third kappa shape index (κ3) is 5.01. The van der Waals surface area contributed by atoms with Crippen molar-refractivity contribution in [3.05, 3.63) is 117 Å². The molecular formula is C30H30O4. The summed E-state index contributed by atoms with van der Waals surface area (Å²) in [5, 5.41) is 40.6. The van der Waals surface area contributed by atoms with Gasteiger partial charge in [-0.25, -0.2) is 0 Å². The highest BCUT2D eigenvalue weighted by Gasteiger charge is 2.15. The summed E-state index contributed by atoms with van der Waals surface area (Å²) < 4.78 is 0. The van der Waals surface area contributed by atoms with E-state index in [1.165, 1.54) is 0 Å². The van der Waals surface area contributed by atoms with Gasteiger partial charge >= 0.3 is 0 Å². The summed E-state index contributed by atoms with van der Waals surface area (Å²) in [6, 6.07) is 20.2. The third-order valence-electron chi connectivity index (χ3n) is 6.47. The smallest absolute Gasteiger partial charge is 0.122 e. The van der Waals surface area contributed by atoms with Crippen molar-refractivity contribution in [2.75, 3.05) is 0 Å². The molecule has 0 saturated heterocycles. The molecule has 0 aliphatic heterocycles. The molecule has 0 unspecified atom stereocenters. The first kappa shape index (κ1) is 23.2. The molecule has 0 aliphatic rings. The Hall–Kier alpha value is -3.92. The molecule has 0 radical (unpaired) electrons. The quantitative estimate of drug-likeness (QED) is 0.279. The molecular weight excluding hydrogens is 424 g/mol. The van der Waals surface area contributed by atoms with Crippen molar-refractivity contribution in [1.29, 1.82) is 0 Å². The molecule has 0 fully saturated rings. The average molecular weight is 455 g/mol. The van der Waals surface area contributed by atoms with E-state index in [9.17, 15) is 20.4 Å². The van der Waals surface area contributed by atoms with Crippen LogP contribution in [0.3, 0.4) is 0 Å². The molecule has 0 saturated carbocycles. The fourth-order valence-corrected chi connectivity index (χ4v) is 4.49. The second kappa shape index (κ2) is 9.52. The number of rotatable bonds is 6. The van der Waals surface area contributed by atoms with Crippen molar-refractivity contribution < 1.29 is 20.4 Å². The first-order chi connectivity index (χ1) is 16.2. The van der Waals surface area contributed by atoms with Gasteiger partial charge in [0.1, 0.15) is 23.0 Å². The van der Waals surface area contributed by atoms with Gasteiger partial charge in [0.05, 0.1) is 0 Å². The van der Waals surface area contributed by atoms with Crippen molar-refractivity contribution >= 4 is 0 Å². The molecule has 0 atom stereocenters. The highest BCUT2D eigenvalue weighted by Crippen LogP contribution is 2.33. The van der Waals surface area contributed by atoms with Crippen molar-refractivity contribution in [2.24, 2.45) is 0 Å². The number of phenolic OH excluding ortho intramolecular Hbond substituents is 4. The summed E-state index contributed by atoms with van der Waals surface area (Å²) in [6.07, 6.45) is 1.83. The van der Waals surface area contributed by atoms with Crippen LogP contribution in [0.15, 0.2) is 66.7 Å². The maximum absolute atomic E-state index is 10.8. The van der Waals surface area contributed by atoms with Crippen LogP contribution < -0.4 is 0 Å². The Labute approximate surface area is 200 Å². The number of aryl methyl sites for hydroxylation is 2. The topological polar surface area (TPSA) is 80.9 Å². The van der Waals surface area contributed by atoms with E-state index in [-0.39, 0.29) is 11.5 Å². The Morgan fingerprint density at radius 2 is 1.00 bits per heavy atom. The van der Waals surface area contributed by atoms with E-state index in [1.54, 1.807) is 24.3 Å². The number of hydrogen-bond donors (Lipinski definition) is 4. The van der Waals surface area contributed by atoms with Crippen LogP contribution in [0, 0.1) is 20.8 Å². The molecule has 0 spiro atoms. The lowest BCUT2D eigenvalue weighted by Gasteiger charge is -2.17. The SMILES string of the molecule is Cc1cc(Cc2cc(C)c(O)c(Cc3ccc(O)cc3)c2C)cc(Cc2ccc(O)cc2)c1O. The van der Waals surface area contributed by atoms with Gasteiger partial charge in [-0.2, -0.15) is 0 Å². The summed E-state index contributed by atoms with van der Waals surface area (Å²) >= 11 is 0. The fourth-order valence-electron chi connectivity index (χ4n) is 4.49.